The number of nitrogens with one attached hydrogen (secondary N) is 1. The van der Waals surface area contributed by atoms with Crippen LogP contribution in [0, 0.1) is 11.3 Å². The molecule has 1 saturated carbocycles. The van der Waals surface area contributed by atoms with Crippen molar-refractivity contribution in [3.63, 3.8) is 0 Å². The van der Waals surface area contributed by atoms with E-state index in [0.29, 0.717) is 22.3 Å². The van der Waals surface area contributed by atoms with E-state index >= 15 is 0 Å². The van der Waals surface area contributed by atoms with Gasteiger partial charge in [0.05, 0.1) is 32.6 Å². The van der Waals surface area contributed by atoms with Gasteiger partial charge in [-0.2, -0.15) is 10.4 Å². The molecule has 0 radical (unpaired) electrons. The molecule has 28 heavy (non-hydrogen) atoms. The lowest BCUT2D eigenvalue weighted by Crippen LogP contribution is -2.17. The maximum absolute atomic E-state index is 12.9. The highest BCUT2D eigenvalue weighted by molar-refractivity contribution is 7.92. The number of hydrogen-bond acceptors (Lipinski definition) is 4. The molecule has 1 aliphatic carbocycles. The SMILES string of the molecule is CC(C)(C#N)c1ccc(S(=O)(=O)Nc2ccc(Cl)c3cc(C4CC4)nn23)cc1. The maximum atomic E-state index is 12.9. The minimum absolute atomic E-state index is 0.114. The van der Waals surface area contributed by atoms with Crippen molar-refractivity contribution in [3.8, 4) is 6.07 Å². The highest BCUT2D eigenvalue weighted by Gasteiger charge is 2.27. The van der Waals surface area contributed by atoms with Gasteiger partial charge in [-0.05, 0) is 62.6 Å². The molecule has 0 atom stereocenters. The fourth-order valence-electron chi connectivity index (χ4n) is 3.03. The van der Waals surface area contributed by atoms with Gasteiger partial charge >= 0.3 is 0 Å². The van der Waals surface area contributed by atoms with E-state index in [1.54, 1.807) is 42.6 Å². The van der Waals surface area contributed by atoms with Gasteiger partial charge in [0.15, 0.2) is 0 Å². The molecular formula is C20H19ClN4O2S. The predicted octanol–water partition coefficient (Wildman–Crippen LogP) is 4.47. The van der Waals surface area contributed by atoms with E-state index in [1.807, 2.05) is 6.07 Å². The van der Waals surface area contributed by atoms with Crippen molar-refractivity contribution in [2.75, 3.05) is 4.72 Å². The molecule has 6 nitrogen and oxygen atoms in total. The Morgan fingerprint density at radius 1 is 1.21 bits per heavy atom. The summed E-state index contributed by atoms with van der Waals surface area (Å²) >= 11 is 6.27. The predicted molar refractivity (Wildman–Crippen MR) is 108 cm³/mol. The number of rotatable bonds is 5. The lowest BCUT2D eigenvalue weighted by Gasteiger charge is -2.16. The van der Waals surface area contributed by atoms with Crippen LogP contribution in [0.1, 0.15) is 43.9 Å². The number of nitrogens with zero attached hydrogens (tertiary/aromatic N) is 3. The first-order valence-corrected chi connectivity index (χ1v) is 10.8. The van der Waals surface area contributed by atoms with Gasteiger partial charge < -0.3 is 0 Å². The van der Waals surface area contributed by atoms with Crippen LogP contribution in [-0.2, 0) is 15.4 Å². The molecule has 1 aliphatic rings. The third-order valence-corrected chi connectivity index (χ3v) is 6.68. The molecule has 0 aliphatic heterocycles. The van der Waals surface area contributed by atoms with Gasteiger partial charge in [0.2, 0.25) is 0 Å². The number of anilines is 1. The fourth-order valence-corrected chi connectivity index (χ4v) is 4.27. The number of aromatic nitrogens is 2. The molecule has 2 aromatic heterocycles. The molecular weight excluding hydrogens is 396 g/mol. The number of fused-ring (bicyclic) bond motifs is 1. The number of hydrogen-bond donors (Lipinski definition) is 1. The van der Waals surface area contributed by atoms with E-state index < -0.39 is 15.4 Å². The van der Waals surface area contributed by atoms with Crippen molar-refractivity contribution in [3.05, 3.63) is 58.7 Å². The van der Waals surface area contributed by atoms with Gasteiger partial charge in [-0.15, -0.1) is 0 Å². The van der Waals surface area contributed by atoms with Gasteiger partial charge in [0.1, 0.15) is 5.82 Å². The van der Waals surface area contributed by atoms with Crippen LogP contribution in [0.5, 0.6) is 0 Å². The van der Waals surface area contributed by atoms with Crippen molar-refractivity contribution >= 4 is 33.0 Å². The molecule has 1 fully saturated rings. The molecule has 0 bridgehead atoms. The van der Waals surface area contributed by atoms with Crippen LogP contribution in [0.3, 0.4) is 0 Å². The third kappa shape index (κ3) is 3.34. The maximum Gasteiger partial charge on any atom is 0.263 e. The van der Waals surface area contributed by atoms with Crippen molar-refractivity contribution < 1.29 is 8.42 Å². The average molecular weight is 415 g/mol. The molecule has 1 aromatic carbocycles. The molecule has 0 unspecified atom stereocenters. The van der Waals surface area contributed by atoms with Crippen molar-refractivity contribution in [1.82, 2.24) is 9.61 Å². The van der Waals surface area contributed by atoms with Crippen LogP contribution in [0.4, 0.5) is 5.82 Å². The summed E-state index contributed by atoms with van der Waals surface area (Å²) in [5, 5.41) is 14.3. The highest BCUT2D eigenvalue weighted by atomic mass is 35.5. The smallest absolute Gasteiger partial charge is 0.263 e. The Hall–Kier alpha value is -2.56. The first-order valence-electron chi connectivity index (χ1n) is 8.94. The zero-order valence-electron chi connectivity index (χ0n) is 15.5. The van der Waals surface area contributed by atoms with E-state index in [1.165, 1.54) is 12.1 Å². The third-order valence-electron chi connectivity index (χ3n) is 4.99. The first kappa shape index (κ1) is 18.8. The van der Waals surface area contributed by atoms with Gasteiger partial charge in [-0.25, -0.2) is 12.9 Å². The summed E-state index contributed by atoms with van der Waals surface area (Å²) in [6, 6.07) is 13.7. The summed E-state index contributed by atoms with van der Waals surface area (Å²) in [6.07, 6.45) is 2.18. The van der Waals surface area contributed by atoms with E-state index in [0.717, 1.165) is 24.1 Å². The minimum Gasteiger partial charge on any atom is -0.263 e. The first-order chi connectivity index (χ1) is 13.2. The van der Waals surface area contributed by atoms with Crippen LogP contribution < -0.4 is 4.72 Å². The van der Waals surface area contributed by atoms with Crippen molar-refractivity contribution in [2.24, 2.45) is 0 Å². The van der Waals surface area contributed by atoms with Crippen molar-refractivity contribution in [2.45, 2.75) is 42.9 Å². The van der Waals surface area contributed by atoms with Gasteiger partial charge in [0.25, 0.3) is 10.0 Å². The summed E-state index contributed by atoms with van der Waals surface area (Å²) in [5.41, 5.74) is 1.67. The Bertz CT molecular complexity index is 1200. The van der Waals surface area contributed by atoms with Crippen LogP contribution in [-0.4, -0.2) is 18.0 Å². The van der Waals surface area contributed by atoms with Crippen LogP contribution in [0.2, 0.25) is 5.02 Å². The molecule has 0 spiro atoms. The monoisotopic (exact) mass is 414 g/mol. The lowest BCUT2D eigenvalue weighted by atomic mass is 9.87. The second kappa shape index (κ2) is 6.50. The van der Waals surface area contributed by atoms with Crippen LogP contribution in [0.15, 0.2) is 47.4 Å². The highest BCUT2D eigenvalue weighted by Crippen LogP contribution is 2.40. The van der Waals surface area contributed by atoms with Gasteiger partial charge in [-0.3, -0.25) is 4.72 Å². The number of sulfonamides is 1. The second-order valence-corrected chi connectivity index (χ2v) is 9.66. The topological polar surface area (TPSA) is 87.3 Å². The summed E-state index contributed by atoms with van der Waals surface area (Å²) in [7, 11) is -3.82. The lowest BCUT2D eigenvalue weighted by molar-refractivity contribution is 0.600. The second-order valence-electron chi connectivity index (χ2n) is 7.57. The fraction of sp³-hybridized carbons (Fsp3) is 0.300. The van der Waals surface area contributed by atoms with Crippen molar-refractivity contribution in [1.29, 1.82) is 5.26 Å². The largest absolute Gasteiger partial charge is 0.263 e. The molecule has 8 heteroatoms. The van der Waals surface area contributed by atoms with Gasteiger partial charge in [0, 0.05) is 5.92 Å². The summed E-state index contributed by atoms with van der Waals surface area (Å²) in [6.45, 7) is 3.57. The Labute approximate surface area is 168 Å². The zero-order chi connectivity index (χ0) is 20.1. The van der Waals surface area contributed by atoms with Crippen LogP contribution in [0.25, 0.3) is 5.52 Å². The Morgan fingerprint density at radius 3 is 2.50 bits per heavy atom. The van der Waals surface area contributed by atoms with Crippen LogP contribution >= 0.6 is 11.6 Å². The van der Waals surface area contributed by atoms with E-state index in [-0.39, 0.29) is 4.90 Å². The summed E-state index contributed by atoms with van der Waals surface area (Å²) in [5.74, 6) is 0.754. The number of nitriles is 1. The van der Waals surface area contributed by atoms with E-state index in [4.69, 9.17) is 11.6 Å². The summed E-state index contributed by atoms with van der Waals surface area (Å²) < 4.78 is 29.9. The Balaban J connectivity index is 1.68. The molecule has 1 N–H and O–H groups in total. The van der Waals surface area contributed by atoms with E-state index in [2.05, 4.69) is 15.9 Å². The molecule has 144 valence electrons. The number of pyridine rings is 1. The zero-order valence-corrected chi connectivity index (χ0v) is 17.0. The van der Waals surface area contributed by atoms with Gasteiger partial charge in [-0.1, -0.05) is 23.7 Å². The molecule has 2 heterocycles. The molecule has 4 rings (SSSR count). The average Bonchev–Trinajstić information content (AvgIpc) is 3.42. The molecule has 0 amide bonds. The standard InChI is InChI=1S/C20H19ClN4O2S/c1-20(2,12-22)14-5-7-15(8-6-14)28(26,27)24-19-10-9-16(21)18-11-17(13-3-4-13)23-25(18)19/h5-11,13,24H,3-4H2,1-2H3. The summed E-state index contributed by atoms with van der Waals surface area (Å²) in [4.78, 5) is 0.114. The minimum atomic E-state index is -3.82. The Kier molecular flexibility index (Phi) is 4.36. The number of benzene rings is 1. The normalized spacial score (nSPS) is 14.8. The Morgan fingerprint density at radius 2 is 1.89 bits per heavy atom. The molecule has 3 aromatic rings. The van der Waals surface area contributed by atoms with E-state index in [9.17, 15) is 13.7 Å². The number of halogens is 1. The quantitative estimate of drug-likeness (QED) is 0.667. The molecule has 0 saturated heterocycles.